The molecule has 14 heavy (non-hydrogen) atoms. The third-order valence-corrected chi connectivity index (χ3v) is 3.82. The van der Waals surface area contributed by atoms with Crippen molar-refractivity contribution in [1.82, 2.24) is 0 Å². The molecule has 0 aliphatic heterocycles. The molecule has 1 saturated carbocycles. The van der Waals surface area contributed by atoms with Gasteiger partial charge in [-0.3, -0.25) is 4.79 Å². The zero-order valence-electron chi connectivity index (χ0n) is 8.92. The van der Waals surface area contributed by atoms with Crippen molar-refractivity contribution in [2.24, 2.45) is 5.41 Å². The molecule has 0 radical (unpaired) electrons. The maximum Gasteiger partial charge on any atom is 0.194 e. The Bertz CT molecular complexity index is 355. The highest BCUT2D eigenvalue weighted by Crippen LogP contribution is 2.61. The fourth-order valence-electron chi connectivity index (χ4n) is 2.54. The second-order valence-electron chi connectivity index (χ2n) is 4.55. The van der Waals surface area contributed by atoms with Crippen LogP contribution in [0.1, 0.15) is 33.6 Å². The minimum Gasteiger partial charge on any atom is -0.381 e. The summed E-state index contributed by atoms with van der Waals surface area (Å²) in [5, 5.41) is 10.3. The highest BCUT2D eigenvalue weighted by molar-refractivity contribution is 6.06. The number of hydrogen-bond donors (Lipinski definition) is 1. The molecule has 0 aromatic rings. The monoisotopic (exact) mass is 192 g/mol. The van der Waals surface area contributed by atoms with Crippen molar-refractivity contribution in [3.63, 3.8) is 0 Å². The van der Waals surface area contributed by atoms with Crippen LogP contribution in [0, 0.1) is 5.41 Å². The first kappa shape index (κ1) is 9.66. The van der Waals surface area contributed by atoms with Crippen LogP contribution in [0.5, 0.6) is 0 Å². The zero-order valence-corrected chi connectivity index (χ0v) is 8.92. The Kier molecular flexibility index (Phi) is 1.77. The highest BCUT2D eigenvalue weighted by Gasteiger charge is 2.62. The van der Waals surface area contributed by atoms with Crippen molar-refractivity contribution >= 4 is 5.78 Å². The van der Waals surface area contributed by atoms with E-state index in [0.29, 0.717) is 5.57 Å². The average molecular weight is 192 g/mol. The highest BCUT2D eigenvalue weighted by atomic mass is 16.3. The molecule has 1 atom stereocenters. The quantitative estimate of drug-likeness (QED) is 0.596. The Morgan fingerprint density at radius 1 is 1.50 bits per heavy atom. The first-order valence-electron chi connectivity index (χ1n) is 5.08. The van der Waals surface area contributed by atoms with Gasteiger partial charge >= 0.3 is 0 Å². The molecule has 1 N–H and O–H groups in total. The Balaban J connectivity index is 2.56. The van der Waals surface area contributed by atoms with Crippen LogP contribution >= 0.6 is 0 Å². The minimum atomic E-state index is -1.19. The summed E-state index contributed by atoms with van der Waals surface area (Å²) in [5.74, 6) is -0.122. The Labute approximate surface area is 84.3 Å². The van der Waals surface area contributed by atoms with E-state index in [1.54, 1.807) is 13.0 Å². The van der Waals surface area contributed by atoms with E-state index in [9.17, 15) is 9.90 Å². The third kappa shape index (κ3) is 0.921. The molecule has 0 aromatic heterocycles. The van der Waals surface area contributed by atoms with E-state index < -0.39 is 5.60 Å². The average Bonchev–Trinajstić information content (AvgIpc) is 2.91. The number of rotatable bonds is 0. The summed E-state index contributed by atoms with van der Waals surface area (Å²) >= 11 is 0. The molecule has 2 aliphatic carbocycles. The van der Waals surface area contributed by atoms with Gasteiger partial charge in [-0.25, -0.2) is 0 Å². The summed E-state index contributed by atoms with van der Waals surface area (Å²) in [7, 11) is 0. The number of hydrogen-bond acceptors (Lipinski definition) is 2. The third-order valence-electron chi connectivity index (χ3n) is 3.82. The van der Waals surface area contributed by atoms with Crippen molar-refractivity contribution in [3.8, 4) is 0 Å². The summed E-state index contributed by atoms with van der Waals surface area (Å²) in [6.45, 7) is 5.50. The molecule has 76 valence electrons. The molecule has 1 spiro atoms. The van der Waals surface area contributed by atoms with E-state index in [2.05, 4.69) is 0 Å². The van der Waals surface area contributed by atoms with Crippen LogP contribution in [0.3, 0.4) is 0 Å². The standard InChI is InChI=1S/C12H16O2/c1-4-9-7-8(2)12(5-6-12)11(3,14)10(9)13/h4,7,14H,5-6H2,1-3H3/b9-4+. The van der Waals surface area contributed by atoms with Gasteiger partial charge in [-0.15, -0.1) is 0 Å². The van der Waals surface area contributed by atoms with Crippen LogP contribution in [0.4, 0.5) is 0 Å². The number of carbonyl (C=O) groups excluding carboxylic acids is 1. The van der Waals surface area contributed by atoms with Crippen molar-refractivity contribution in [2.45, 2.75) is 39.2 Å². The lowest BCUT2D eigenvalue weighted by Gasteiger charge is -2.36. The predicted octanol–water partition coefficient (Wildman–Crippen LogP) is 1.99. The van der Waals surface area contributed by atoms with Crippen LogP contribution in [0.25, 0.3) is 0 Å². The molecule has 2 rings (SSSR count). The maximum absolute atomic E-state index is 11.9. The summed E-state index contributed by atoms with van der Waals surface area (Å²) < 4.78 is 0. The molecular weight excluding hydrogens is 176 g/mol. The molecule has 2 nitrogen and oxygen atoms in total. The first-order chi connectivity index (χ1) is 6.45. The minimum absolute atomic E-state index is 0.122. The Hall–Kier alpha value is -0.890. The molecule has 0 amide bonds. The van der Waals surface area contributed by atoms with Gasteiger partial charge in [0, 0.05) is 11.0 Å². The molecule has 0 aromatic carbocycles. The van der Waals surface area contributed by atoms with E-state index >= 15 is 0 Å². The second kappa shape index (κ2) is 2.57. The summed E-state index contributed by atoms with van der Waals surface area (Å²) in [4.78, 5) is 11.9. The number of allylic oxidation sites excluding steroid dienone is 2. The van der Waals surface area contributed by atoms with Crippen molar-refractivity contribution in [3.05, 3.63) is 23.3 Å². The Morgan fingerprint density at radius 3 is 2.50 bits per heavy atom. The Morgan fingerprint density at radius 2 is 2.07 bits per heavy atom. The van der Waals surface area contributed by atoms with Crippen LogP contribution in [0.15, 0.2) is 23.3 Å². The van der Waals surface area contributed by atoms with Gasteiger partial charge in [-0.05, 0) is 33.6 Å². The lowest BCUT2D eigenvalue weighted by atomic mass is 9.71. The summed E-state index contributed by atoms with van der Waals surface area (Å²) in [5.41, 5.74) is 0.366. The fourth-order valence-corrected chi connectivity index (χ4v) is 2.54. The van der Waals surface area contributed by atoms with Gasteiger partial charge in [-0.1, -0.05) is 17.7 Å². The fraction of sp³-hybridized carbons (Fsp3) is 0.583. The lowest BCUT2D eigenvalue weighted by Crippen LogP contribution is -2.48. The van der Waals surface area contributed by atoms with Crippen LogP contribution in [-0.4, -0.2) is 16.5 Å². The van der Waals surface area contributed by atoms with Gasteiger partial charge in [0.2, 0.25) is 0 Å². The van der Waals surface area contributed by atoms with Gasteiger partial charge in [0.15, 0.2) is 5.78 Å². The van der Waals surface area contributed by atoms with Gasteiger partial charge in [-0.2, -0.15) is 0 Å². The molecule has 1 fully saturated rings. The van der Waals surface area contributed by atoms with E-state index in [-0.39, 0.29) is 11.2 Å². The summed E-state index contributed by atoms with van der Waals surface area (Å²) in [6, 6.07) is 0. The molecule has 0 saturated heterocycles. The van der Waals surface area contributed by atoms with E-state index in [0.717, 1.165) is 18.4 Å². The van der Waals surface area contributed by atoms with Crippen molar-refractivity contribution < 1.29 is 9.90 Å². The van der Waals surface area contributed by atoms with E-state index in [4.69, 9.17) is 0 Å². The molecule has 2 aliphatic rings. The van der Waals surface area contributed by atoms with Crippen molar-refractivity contribution in [2.75, 3.05) is 0 Å². The van der Waals surface area contributed by atoms with Crippen LogP contribution in [0.2, 0.25) is 0 Å². The SMILES string of the molecule is C/C=C1\C=C(C)C2(CC2)C(C)(O)C1=O. The first-order valence-corrected chi connectivity index (χ1v) is 5.08. The number of carbonyl (C=O) groups is 1. The van der Waals surface area contributed by atoms with Crippen LogP contribution in [-0.2, 0) is 4.79 Å². The summed E-state index contributed by atoms with van der Waals surface area (Å²) in [6.07, 6.45) is 5.57. The smallest absolute Gasteiger partial charge is 0.194 e. The van der Waals surface area contributed by atoms with Gasteiger partial charge < -0.3 is 5.11 Å². The molecule has 2 heteroatoms. The zero-order chi connectivity index (χ0) is 10.6. The predicted molar refractivity (Wildman–Crippen MR) is 54.8 cm³/mol. The molecule has 0 bridgehead atoms. The normalized spacial score (nSPS) is 37.6. The van der Waals surface area contributed by atoms with E-state index in [1.165, 1.54) is 0 Å². The number of aliphatic hydroxyl groups is 1. The second-order valence-corrected chi connectivity index (χ2v) is 4.55. The van der Waals surface area contributed by atoms with E-state index in [1.807, 2.05) is 19.9 Å². The number of ketones is 1. The largest absolute Gasteiger partial charge is 0.381 e. The molecule has 0 heterocycles. The lowest BCUT2D eigenvalue weighted by molar-refractivity contribution is -0.137. The molecule has 1 unspecified atom stereocenters. The van der Waals surface area contributed by atoms with Gasteiger partial charge in [0.25, 0.3) is 0 Å². The van der Waals surface area contributed by atoms with Crippen molar-refractivity contribution in [1.29, 1.82) is 0 Å². The van der Waals surface area contributed by atoms with Gasteiger partial charge in [0.1, 0.15) is 5.60 Å². The molecular formula is C12H16O2. The number of Topliss-reactive ketones (excluding diaryl/α,β-unsaturated/α-hetero) is 1. The van der Waals surface area contributed by atoms with Gasteiger partial charge in [0.05, 0.1) is 0 Å². The van der Waals surface area contributed by atoms with Crippen LogP contribution < -0.4 is 0 Å². The topological polar surface area (TPSA) is 37.3 Å². The maximum atomic E-state index is 11.9.